The van der Waals surface area contributed by atoms with Crippen molar-refractivity contribution in [2.45, 2.75) is 31.9 Å². The zero-order chi connectivity index (χ0) is 14.7. The first-order valence-corrected chi connectivity index (χ1v) is 7.88. The SMILES string of the molecule is CCCN1CCOC(C(NN)c2cccc3c2OCC3)C1. The van der Waals surface area contributed by atoms with E-state index in [1.165, 1.54) is 5.56 Å². The molecule has 5 heteroatoms. The quantitative estimate of drug-likeness (QED) is 0.631. The zero-order valence-corrected chi connectivity index (χ0v) is 12.7. The Labute approximate surface area is 126 Å². The number of ether oxygens (including phenoxy) is 2. The van der Waals surface area contributed by atoms with Gasteiger partial charge in [0.25, 0.3) is 0 Å². The molecule has 1 aromatic carbocycles. The van der Waals surface area contributed by atoms with Gasteiger partial charge in [-0.2, -0.15) is 0 Å². The van der Waals surface area contributed by atoms with E-state index in [9.17, 15) is 0 Å². The molecule has 2 unspecified atom stereocenters. The molecule has 0 spiro atoms. The number of morpholine rings is 1. The Bertz CT molecular complexity index is 479. The predicted molar refractivity (Wildman–Crippen MR) is 82.2 cm³/mol. The second-order valence-electron chi connectivity index (χ2n) is 5.79. The van der Waals surface area contributed by atoms with Crippen molar-refractivity contribution in [3.05, 3.63) is 29.3 Å². The van der Waals surface area contributed by atoms with Gasteiger partial charge in [0.05, 0.1) is 25.4 Å². The first kappa shape index (κ1) is 14.8. The summed E-state index contributed by atoms with van der Waals surface area (Å²) in [5.74, 6) is 6.84. The summed E-state index contributed by atoms with van der Waals surface area (Å²) in [6, 6.07) is 6.28. The lowest BCUT2D eigenvalue weighted by atomic mass is 9.97. The molecule has 21 heavy (non-hydrogen) atoms. The van der Waals surface area contributed by atoms with Gasteiger partial charge in [0.2, 0.25) is 0 Å². The second-order valence-corrected chi connectivity index (χ2v) is 5.79. The maximum absolute atomic E-state index is 5.98. The molecule has 5 nitrogen and oxygen atoms in total. The first-order valence-electron chi connectivity index (χ1n) is 7.88. The fraction of sp³-hybridized carbons (Fsp3) is 0.625. The fourth-order valence-electron chi connectivity index (χ4n) is 3.34. The van der Waals surface area contributed by atoms with Gasteiger partial charge in [-0.25, -0.2) is 0 Å². The van der Waals surface area contributed by atoms with Gasteiger partial charge in [0, 0.05) is 25.1 Å². The average molecular weight is 291 g/mol. The third-order valence-electron chi connectivity index (χ3n) is 4.35. The van der Waals surface area contributed by atoms with Crippen LogP contribution in [-0.4, -0.2) is 43.9 Å². The summed E-state index contributed by atoms with van der Waals surface area (Å²) in [5, 5.41) is 0. The molecule has 2 heterocycles. The first-order chi connectivity index (χ1) is 10.3. The number of hydrogen-bond acceptors (Lipinski definition) is 5. The van der Waals surface area contributed by atoms with Crippen LogP contribution in [0.3, 0.4) is 0 Å². The molecule has 0 aromatic heterocycles. The molecule has 3 rings (SSSR count). The van der Waals surface area contributed by atoms with E-state index in [0.29, 0.717) is 0 Å². The maximum atomic E-state index is 5.98. The van der Waals surface area contributed by atoms with Crippen LogP contribution in [0.4, 0.5) is 0 Å². The highest BCUT2D eigenvalue weighted by Gasteiger charge is 2.31. The van der Waals surface area contributed by atoms with Gasteiger partial charge in [-0.15, -0.1) is 0 Å². The standard InChI is InChI=1S/C16H25N3O2/c1-2-7-19-8-10-20-14(11-19)15(18-17)13-5-3-4-12-6-9-21-16(12)13/h3-5,14-15,18H,2,6-11,17H2,1H3. The topological polar surface area (TPSA) is 59.8 Å². The van der Waals surface area contributed by atoms with Crippen LogP contribution in [0.2, 0.25) is 0 Å². The van der Waals surface area contributed by atoms with Gasteiger partial charge >= 0.3 is 0 Å². The molecule has 3 N–H and O–H groups in total. The van der Waals surface area contributed by atoms with Crippen molar-refractivity contribution in [3.63, 3.8) is 0 Å². The summed E-state index contributed by atoms with van der Waals surface area (Å²) < 4.78 is 11.8. The van der Waals surface area contributed by atoms with Gasteiger partial charge in [-0.3, -0.25) is 16.2 Å². The summed E-state index contributed by atoms with van der Waals surface area (Å²) in [6.07, 6.45) is 2.21. The lowest BCUT2D eigenvalue weighted by molar-refractivity contribution is -0.0474. The minimum absolute atomic E-state index is 0.0299. The molecule has 1 saturated heterocycles. The van der Waals surface area contributed by atoms with Crippen LogP contribution in [0.5, 0.6) is 5.75 Å². The molecule has 2 atom stereocenters. The summed E-state index contributed by atoms with van der Waals surface area (Å²) in [4.78, 5) is 2.45. The van der Waals surface area contributed by atoms with E-state index in [-0.39, 0.29) is 12.1 Å². The van der Waals surface area contributed by atoms with Gasteiger partial charge < -0.3 is 9.47 Å². The molecule has 0 saturated carbocycles. The molecule has 2 aliphatic rings. The number of para-hydroxylation sites is 1. The largest absolute Gasteiger partial charge is 0.493 e. The van der Waals surface area contributed by atoms with Crippen LogP contribution >= 0.6 is 0 Å². The Kier molecular flexibility index (Phi) is 4.75. The molecule has 0 bridgehead atoms. The Morgan fingerprint density at radius 1 is 1.43 bits per heavy atom. The highest BCUT2D eigenvalue weighted by Crippen LogP contribution is 2.35. The number of benzene rings is 1. The van der Waals surface area contributed by atoms with E-state index < -0.39 is 0 Å². The number of hydrogen-bond donors (Lipinski definition) is 2. The van der Waals surface area contributed by atoms with E-state index >= 15 is 0 Å². The van der Waals surface area contributed by atoms with Crippen molar-refractivity contribution >= 4 is 0 Å². The molecular weight excluding hydrogens is 266 g/mol. The Balaban J connectivity index is 1.80. The van der Waals surface area contributed by atoms with Crippen LogP contribution in [-0.2, 0) is 11.2 Å². The van der Waals surface area contributed by atoms with E-state index in [2.05, 4.69) is 35.4 Å². The van der Waals surface area contributed by atoms with Crippen molar-refractivity contribution < 1.29 is 9.47 Å². The van der Waals surface area contributed by atoms with Crippen LogP contribution in [0.25, 0.3) is 0 Å². The van der Waals surface area contributed by atoms with Gasteiger partial charge in [0.1, 0.15) is 5.75 Å². The number of nitrogens with two attached hydrogens (primary N) is 1. The summed E-state index contributed by atoms with van der Waals surface area (Å²) in [6.45, 7) is 6.76. The Hall–Kier alpha value is -1.14. The number of fused-ring (bicyclic) bond motifs is 1. The molecule has 1 fully saturated rings. The Morgan fingerprint density at radius 3 is 3.14 bits per heavy atom. The minimum Gasteiger partial charge on any atom is -0.493 e. The van der Waals surface area contributed by atoms with E-state index in [4.69, 9.17) is 15.3 Å². The van der Waals surface area contributed by atoms with Crippen LogP contribution in [0.1, 0.15) is 30.5 Å². The minimum atomic E-state index is -0.0299. The maximum Gasteiger partial charge on any atom is 0.127 e. The van der Waals surface area contributed by atoms with Gasteiger partial charge in [-0.05, 0) is 18.5 Å². The Morgan fingerprint density at radius 2 is 2.33 bits per heavy atom. The van der Waals surface area contributed by atoms with Crippen molar-refractivity contribution in [2.24, 2.45) is 5.84 Å². The normalized spacial score (nSPS) is 23.6. The molecule has 116 valence electrons. The third-order valence-corrected chi connectivity index (χ3v) is 4.35. The number of nitrogens with one attached hydrogen (secondary N) is 1. The van der Waals surface area contributed by atoms with Crippen molar-refractivity contribution in [2.75, 3.05) is 32.8 Å². The van der Waals surface area contributed by atoms with E-state index in [1.54, 1.807) is 0 Å². The monoisotopic (exact) mass is 291 g/mol. The summed E-state index contributed by atoms with van der Waals surface area (Å²) in [7, 11) is 0. The number of nitrogens with zero attached hydrogens (tertiary/aromatic N) is 1. The summed E-state index contributed by atoms with van der Waals surface area (Å²) >= 11 is 0. The van der Waals surface area contributed by atoms with E-state index in [0.717, 1.165) is 57.0 Å². The fourth-order valence-corrected chi connectivity index (χ4v) is 3.34. The molecule has 2 aliphatic heterocycles. The van der Waals surface area contributed by atoms with Gasteiger partial charge in [0.15, 0.2) is 0 Å². The second kappa shape index (κ2) is 6.75. The average Bonchev–Trinajstić information content (AvgIpc) is 2.98. The third kappa shape index (κ3) is 3.06. The summed E-state index contributed by atoms with van der Waals surface area (Å²) in [5.41, 5.74) is 5.34. The van der Waals surface area contributed by atoms with Crippen molar-refractivity contribution in [1.29, 1.82) is 0 Å². The molecule has 0 amide bonds. The highest BCUT2D eigenvalue weighted by molar-refractivity contribution is 5.46. The number of rotatable bonds is 5. The lowest BCUT2D eigenvalue weighted by Crippen LogP contribution is -2.49. The smallest absolute Gasteiger partial charge is 0.127 e. The lowest BCUT2D eigenvalue weighted by Gasteiger charge is -2.37. The van der Waals surface area contributed by atoms with Crippen LogP contribution in [0, 0.1) is 0 Å². The van der Waals surface area contributed by atoms with Crippen LogP contribution in [0.15, 0.2) is 18.2 Å². The molecule has 0 aliphatic carbocycles. The highest BCUT2D eigenvalue weighted by atomic mass is 16.5. The van der Waals surface area contributed by atoms with Crippen LogP contribution < -0.4 is 16.0 Å². The molecular formula is C16H25N3O2. The molecule has 1 aromatic rings. The van der Waals surface area contributed by atoms with E-state index in [1.807, 2.05) is 0 Å². The van der Waals surface area contributed by atoms with Crippen molar-refractivity contribution in [3.8, 4) is 5.75 Å². The molecule has 0 radical (unpaired) electrons. The predicted octanol–water partition coefficient (Wildman–Crippen LogP) is 1.24. The van der Waals surface area contributed by atoms with Crippen molar-refractivity contribution in [1.82, 2.24) is 10.3 Å². The number of hydrazine groups is 1. The van der Waals surface area contributed by atoms with Gasteiger partial charge in [-0.1, -0.05) is 25.1 Å². The zero-order valence-electron chi connectivity index (χ0n) is 12.7.